The predicted molar refractivity (Wildman–Crippen MR) is 92.2 cm³/mol. The lowest BCUT2D eigenvalue weighted by Gasteiger charge is -2.08. The molecule has 0 atom stereocenters. The van der Waals surface area contributed by atoms with Crippen LogP contribution < -0.4 is 5.32 Å². The summed E-state index contributed by atoms with van der Waals surface area (Å²) in [6, 6.07) is 10.0. The maximum absolute atomic E-state index is 13.7. The van der Waals surface area contributed by atoms with E-state index in [1.807, 2.05) is 32.0 Å². The third-order valence-corrected chi connectivity index (χ3v) is 3.97. The average molecular weight is 378 g/mol. The van der Waals surface area contributed by atoms with E-state index in [0.717, 1.165) is 11.1 Å². The van der Waals surface area contributed by atoms with Gasteiger partial charge in [0.1, 0.15) is 5.82 Å². The summed E-state index contributed by atoms with van der Waals surface area (Å²) in [5.41, 5.74) is 2.63. The van der Waals surface area contributed by atoms with E-state index in [-0.39, 0.29) is 30.2 Å². The molecule has 5 heteroatoms. The molecule has 0 aliphatic heterocycles. The molecule has 0 unspecified atom stereocenters. The highest BCUT2D eigenvalue weighted by atomic mass is 79.9. The second-order valence-electron chi connectivity index (χ2n) is 5.41. The van der Waals surface area contributed by atoms with Crippen LogP contribution in [0.15, 0.2) is 40.9 Å². The molecule has 3 nitrogen and oxygen atoms in total. The maximum Gasteiger partial charge on any atom is 0.224 e. The lowest BCUT2D eigenvalue weighted by molar-refractivity contribution is -0.116. The number of halogens is 2. The molecule has 2 aromatic carbocycles. The van der Waals surface area contributed by atoms with Crippen LogP contribution in [-0.4, -0.2) is 11.7 Å². The number of hydrogen-bond acceptors (Lipinski definition) is 2. The summed E-state index contributed by atoms with van der Waals surface area (Å²) in [7, 11) is 0. The van der Waals surface area contributed by atoms with E-state index in [2.05, 4.69) is 21.2 Å². The van der Waals surface area contributed by atoms with Crippen molar-refractivity contribution in [3.8, 4) is 0 Å². The Hall–Kier alpha value is -2.01. The normalized spacial score (nSPS) is 10.4. The summed E-state index contributed by atoms with van der Waals surface area (Å²) < 4.78 is 14.3. The van der Waals surface area contributed by atoms with Crippen LogP contribution in [0.4, 0.5) is 10.1 Å². The summed E-state index contributed by atoms with van der Waals surface area (Å²) in [4.78, 5) is 24.1. The Bertz CT molecular complexity index is 759. The third-order valence-electron chi connectivity index (χ3n) is 3.48. The smallest absolute Gasteiger partial charge is 0.224 e. The zero-order valence-corrected chi connectivity index (χ0v) is 14.5. The van der Waals surface area contributed by atoms with Crippen molar-refractivity contribution in [3.63, 3.8) is 0 Å². The van der Waals surface area contributed by atoms with Gasteiger partial charge in [-0.2, -0.15) is 0 Å². The second kappa shape index (κ2) is 7.51. The summed E-state index contributed by atoms with van der Waals surface area (Å²) in [5.74, 6) is -0.990. The van der Waals surface area contributed by atoms with E-state index in [1.54, 1.807) is 6.07 Å². The van der Waals surface area contributed by atoms with Crippen molar-refractivity contribution in [2.75, 3.05) is 5.32 Å². The number of hydrogen-bond donors (Lipinski definition) is 1. The quantitative estimate of drug-likeness (QED) is 0.760. The number of carbonyl (C=O) groups excluding carboxylic acids is 2. The van der Waals surface area contributed by atoms with Gasteiger partial charge in [-0.15, -0.1) is 0 Å². The molecule has 0 spiro atoms. The van der Waals surface area contributed by atoms with Gasteiger partial charge in [0, 0.05) is 22.9 Å². The van der Waals surface area contributed by atoms with Crippen LogP contribution in [0.1, 0.15) is 34.3 Å². The molecular formula is C18H17BrFNO2. The minimum Gasteiger partial charge on any atom is -0.324 e. The molecule has 2 rings (SSSR count). The number of benzene rings is 2. The molecule has 0 aliphatic carbocycles. The van der Waals surface area contributed by atoms with Crippen LogP contribution in [0, 0.1) is 19.7 Å². The van der Waals surface area contributed by atoms with E-state index in [9.17, 15) is 14.0 Å². The predicted octanol–water partition coefficient (Wildman–Crippen LogP) is 4.81. The van der Waals surface area contributed by atoms with Crippen LogP contribution in [-0.2, 0) is 4.79 Å². The van der Waals surface area contributed by atoms with Crippen LogP contribution in [0.25, 0.3) is 0 Å². The third kappa shape index (κ3) is 4.73. The first kappa shape index (κ1) is 17.3. The van der Waals surface area contributed by atoms with Gasteiger partial charge >= 0.3 is 0 Å². The standard InChI is InChI=1S/C18H17BrFNO2/c1-11-3-4-12(2)14(9-11)17(22)7-8-18(23)21-16-6-5-13(19)10-15(16)20/h3-6,9-10H,7-8H2,1-2H3,(H,21,23). The van der Waals surface area contributed by atoms with Gasteiger partial charge in [0.2, 0.25) is 5.91 Å². The average Bonchev–Trinajstić information content (AvgIpc) is 2.50. The van der Waals surface area contributed by atoms with Gasteiger partial charge < -0.3 is 5.32 Å². The van der Waals surface area contributed by atoms with E-state index in [4.69, 9.17) is 0 Å². The molecule has 23 heavy (non-hydrogen) atoms. The van der Waals surface area contributed by atoms with Crippen molar-refractivity contribution in [1.82, 2.24) is 0 Å². The van der Waals surface area contributed by atoms with Crippen LogP contribution in [0.2, 0.25) is 0 Å². The van der Waals surface area contributed by atoms with E-state index >= 15 is 0 Å². The Morgan fingerprint density at radius 2 is 1.83 bits per heavy atom. The summed E-state index contributed by atoms with van der Waals surface area (Å²) in [5, 5.41) is 2.48. The first-order valence-corrected chi connectivity index (χ1v) is 8.01. The molecule has 1 N–H and O–H groups in total. The molecular weight excluding hydrogens is 361 g/mol. The Balaban J connectivity index is 1.96. The zero-order chi connectivity index (χ0) is 17.0. The molecule has 120 valence electrons. The fraction of sp³-hybridized carbons (Fsp3) is 0.222. The number of Topliss-reactive ketones (excluding diaryl/α,β-unsaturated/α-hetero) is 1. The van der Waals surface area contributed by atoms with Crippen molar-refractivity contribution in [1.29, 1.82) is 0 Å². The Morgan fingerprint density at radius 3 is 2.52 bits per heavy atom. The van der Waals surface area contributed by atoms with Crippen LogP contribution in [0.3, 0.4) is 0 Å². The number of amides is 1. The van der Waals surface area contributed by atoms with E-state index in [0.29, 0.717) is 10.0 Å². The Labute approximate surface area is 143 Å². The highest BCUT2D eigenvalue weighted by Gasteiger charge is 2.13. The van der Waals surface area contributed by atoms with Gasteiger partial charge in [0.05, 0.1) is 5.69 Å². The van der Waals surface area contributed by atoms with Crippen molar-refractivity contribution in [2.24, 2.45) is 0 Å². The first-order chi connectivity index (χ1) is 10.9. The van der Waals surface area contributed by atoms with Crippen molar-refractivity contribution in [2.45, 2.75) is 26.7 Å². The van der Waals surface area contributed by atoms with Crippen LogP contribution >= 0.6 is 15.9 Å². The molecule has 0 heterocycles. The van der Waals surface area contributed by atoms with Crippen molar-refractivity contribution < 1.29 is 14.0 Å². The molecule has 2 aromatic rings. The number of carbonyl (C=O) groups is 2. The lowest BCUT2D eigenvalue weighted by atomic mass is 9.99. The fourth-order valence-corrected chi connectivity index (χ4v) is 2.53. The van der Waals surface area contributed by atoms with Crippen LogP contribution in [0.5, 0.6) is 0 Å². The Kier molecular flexibility index (Phi) is 5.66. The molecule has 0 saturated carbocycles. The summed E-state index contributed by atoms with van der Waals surface area (Å²) >= 11 is 3.15. The molecule has 0 fully saturated rings. The number of anilines is 1. The number of nitrogens with one attached hydrogen (secondary N) is 1. The maximum atomic E-state index is 13.7. The second-order valence-corrected chi connectivity index (χ2v) is 6.33. The van der Waals surface area contributed by atoms with Gasteiger partial charge in [-0.3, -0.25) is 9.59 Å². The molecule has 0 aliphatic rings. The van der Waals surface area contributed by atoms with Gasteiger partial charge in [-0.25, -0.2) is 4.39 Å². The highest BCUT2D eigenvalue weighted by Crippen LogP contribution is 2.20. The number of aryl methyl sites for hydroxylation is 2. The molecule has 0 saturated heterocycles. The summed E-state index contributed by atoms with van der Waals surface area (Å²) in [6.07, 6.45) is 0.107. The van der Waals surface area contributed by atoms with Gasteiger partial charge in [-0.1, -0.05) is 33.6 Å². The summed E-state index contributed by atoms with van der Waals surface area (Å²) in [6.45, 7) is 3.78. The minimum absolute atomic E-state index is 0.0156. The van der Waals surface area contributed by atoms with Crippen molar-refractivity contribution >= 4 is 33.3 Å². The van der Waals surface area contributed by atoms with Gasteiger partial charge in [0.25, 0.3) is 0 Å². The molecule has 0 aromatic heterocycles. The molecule has 0 radical (unpaired) electrons. The SMILES string of the molecule is Cc1ccc(C)c(C(=O)CCC(=O)Nc2ccc(Br)cc2F)c1. The highest BCUT2D eigenvalue weighted by molar-refractivity contribution is 9.10. The Morgan fingerprint density at radius 1 is 1.09 bits per heavy atom. The largest absolute Gasteiger partial charge is 0.324 e. The number of rotatable bonds is 5. The minimum atomic E-state index is -0.520. The monoisotopic (exact) mass is 377 g/mol. The molecule has 0 bridgehead atoms. The van der Waals surface area contributed by atoms with E-state index in [1.165, 1.54) is 12.1 Å². The topological polar surface area (TPSA) is 46.2 Å². The first-order valence-electron chi connectivity index (χ1n) is 7.22. The lowest BCUT2D eigenvalue weighted by Crippen LogP contribution is -2.14. The van der Waals surface area contributed by atoms with Gasteiger partial charge in [-0.05, 0) is 43.7 Å². The molecule has 1 amide bonds. The van der Waals surface area contributed by atoms with E-state index < -0.39 is 5.82 Å². The zero-order valence-electron chi connectivity index (χ0n) is 13.0. The fourth-order valence-electron chi connectivity index (χ4n) is 2.20. The van der Waals surface area contributed by atoms with Crippen molar-refractivity contribution in [3.05, 3.63) is 63.4 Å². The van der Waals surface area contributed by atoms with Gasteiger partial charge in [0.15, 0.2) is 5.78 Å². The number of ketones is 1.